The molecule has 0 aromatic carbocycles. The van der Waals surface area contributed by atoms with Crippen LogP contribution in [0.15, 0.2) is 4.99 Å². The molecule has 2 heterocycles. The predicted octanol–water partition coefficient (Wildman–Crippen LogP) is 1.34. The van der Waals surface area contributed by atoms with Crippen molar-refractivity contribution in [1.29, 1.82) is 0 Å². The normalized spacial score (nSPS) is 26.1. The van der Waals surface area contributed by atoms with Gasteiger partial charge < -0.3 is 10.6 Å². The van der Waals surface area contributed by atoms with Crippen molar-refractivity contribution in [2.24, 2.45) is 10.9 Å². The average molecular weight is 476 g/mol. The van der Waals surface area contributed by atoms with E-state index in [0.29, 0.717) is 30.8 Å². The number of hydrogen-bond acceptors (Lipinski definition) is 4. The van der Waals surface area contributed by atoms with Crippen LogP contribution >= 0.6 is 35.7 Å². The third-order valence-corrected chi connectivity index (χ3v) is 6.76. The summed E-state index contributed by atoms with van der Waals surface area (Å²) < 4.78 is 24.6. The fourth-order valence-electron chi connectivity index (χ4n) is 2.83. The largest absolute Gasteiger partial charge is 0.357 e. The molecule has 0 aromatic rings. The molecule has 2 atom stereocenters. The molecule has 2 saturated heterocycles. The molecule has 2 rings (SSSR count). The van der Waals surface area contributed by atoms with Crippen LogP contribution in [0.1, 0.15) is 26.2 Å². The highest BCUT2D eigenvalue weighted by atomic mass is 127. The van der Waals surface area contributed by atoms with Crippen LogP contribution in [0.4, 0.5) is 0 Å². The standard InChI is InChI=1S/C14H28N4O2S2.HI/c1-3-15-14(17-10-13-5-4-8-21-13)16-9-12-6-7-18(11-12)22(2,19)20;/h12-13H,3-11H2,1-2H3,(H2,15,16,17);1H. The molecule has 2 aliphatic rings. The van der Waals surface area contributed by atoms with Crippen LogP contribution in [0, 0.1) is 5.92 Å². The van der Waals surface area contributed by atoms with Crippen LogP contribution in [0.5, 0.6) is 0 Å². The molecule has 2 fully saturated rings. The van der Waals surface area contributed by atoms with Gasteiger partial charge in [0, 0.05) is 38.0 Å². The van der Waals surface area contributed by atoms with Crippen molar-refractivity contribution in [3.8, 4) is 0 Å². The smallest absolute Gasteiger partial charge is 0.211 e. The van der Waals surface area contributed by atoms with Crippen LogP contribution in [0.25, 0.3) is 0 Å². The first-order chi connectivity index (χ1) is 10.5. The fraction of sp³-hybridized carbons (Fsp3) is 0.929. The second-order valence-corrected chi connectivity index (χ2v) is 9.40. The van der Waals surface area contributed by atoms with Crippen molar-refractivity contribution in [3.63, 3.8) is 0 Å². The fourth-order valence-corrected chi connectivity index (χ4v) is 4.95. The number of guanidine groups is 1. The van der Waals surface area contributed by atoms with Crippen molar-refractivity contribution in [3.05, 3.63) is 0 Å². The number of nitrogens with zero attached hydrogens (tertiary/aromatic N) is 2. The molecular formula is C14H29IN4O2S2. The third kappa shape index (κ3) is 7.35. The summed E-state index contributed by atoms with van der Waals surface area (Å²) in [6.45, 7) is 5.75. The molecule has 2 aliphatic heterocycles. The maximum absolute atomic E-state index is 11.5. The lowest BCUT2D eigenvalue weighted by Crippen LogP contribution is -2.40. The summed E-state index contributed by atoms with van der Waals surface area (Å²) in [5.41, 5.74) is 0. The van der Waals surface area contributed by atoms with Crippen LogP contribution in [0.2, 0.25) is 0 Å². The third-order valence-electron chi connectivity index (χ3n) is 4.09. The van der Waals surface area contributed by atoms with Crippen LogP contribution in [-0.4, -0.2) is 68.7 Å². The van der Waals surface area contributed by atoms with Gasteiger partial charge in [0.2, 0.25) is 10.0 Å². The Morgan fingerprint density at radius 1 is 1.35 bits per heavy atom. The van der Waals surface area contributed by atoms with E-state index in [4.69, 9.17) is 0 Å². The van der Waals surface area contributed by atoms with E-state index in [1.165, 1.54) is 24.9 Å². The quantitative estimate of drug-likeness (QED) is 0.344. The molecular weight excluding hydrogens is 447 g/mol. The molecule has 0 aromatic heterocycles. The summed E-state index contributed by atoms with van der Waals surface area (Å²) in [4.78, 5) is 4.64. The van der Waals surface area contributed by atoms with Gasteiger partial charge in [-0.15, -0.1) is 24.0 Å². The van der Waals surface area contributed by atoms with Crippen LogP contribution < -0.4 is 10.6 Å². The summed E-state index contributed by atoms with van der Waals surface area (Å²) in [5.74, 6) is 2.45. The second-order valence-electron chi connectivity index (χ2n) is 6.01. The zero-order valence-corrected chi connectivity index (χ0v) is 17.9. The lowest BCUT2D eigenvalue weighted by molar-refractivity contribution is 0.464. The Labute approximate surface area is 161 Å². The summed E-state index contributed by atoms with van der Waals surface area (Å²) in [6.07, 6.45) is 4.77. The Kier molecular flexibility index (Phi) is 9.54. The Balaban J connectivity index is 0.00000264. The molecule has 23 heavy (non-hydrogen) atoms. The average Bonchev–Trinajstić information content (AvgIpc) is 3.12. The van der Waals surface area contributed by atoms with Crippen LogP contribution in [0.3, 0.4) is 0 Å². The Bertz CT molecular complexity index is 481. The van der Waals surface area contributed by atoms with E-state index in [1.807, 2.05) is 11.8 Å². The van der Waals surface area contributed by atoms with Gasteiger partial charge in [-0.3, -0.25) is 4.99 Å². The van der Waals surface area contributed by atoms with Gasteiger partial charge in [-0.25, -0.2) is 12.7 Å². The van der Waals surface area contributed by atoms with Crippen molar-refractivity contribution in [2.45, 2.75) is 31.4 Å². The number of hydrogen-bond donors (Lipinski definition) is 2. The number of halogens is 1. The van der Waals surface area contributed by atoms with E-state index in [2.05, 4.69) is 22.5 Å². The summed E-state index contributed by atoms with van der Waals surface area (Å²) in [6, 6.07) is 0. The highest BCUT2D eigenvalue weighted by Crippen LogP contribution is 2.25. The molecule has 136 valence electrons. The van der Waals surface area contributed by atoms with Gasteiger partial charge in [-0.1, -0.05) is 0 Å². The molecule has 0 spiro atoms. The van der Waals surface area contributed by atoms with E-state index in [0.717, 1.165) is 25.5 Å². The summed E-state index contributed by atoms with van der Waals surface area (Å²) in [7, 11) is -3.05. The number of thioether (sulfide) groups is 1. The SMILES string of the molecule is CCNC(=NCC1CCN(S(C)(=O)=O)C1)NCC1CCCS1.I. The first-order valence-corrected chi connectivity index (χ1v) is 11.0. The van der Waals surface area contributed by atoms with Gasteiger partial charge in [0.05, 0.1) is 6.26 Å². The highest BCUT2D eigenvalue weighted by Gasteiger charge is 2.28. The van der Waals surface area contributed by atoms with E-state index in [-0.39, 0.29) is 24.0 Å². The van der Waals surface area contributed by atoms with Crippen molar-refractivity contribution < 1.29 is 8.42 Å². The van der Waals surface area contributed by atoms with Crippen LogP contribution in [-0.2, 0) is 10.0 Å². The second kappa shape index (κ2) is 10.3. The minimum atomic E-state index is -3.05. The van der Waals surface area contributed by atoms with Gasteiger partial charge in [-0.2, -0.15) is 11.8 Å². The minimum Gasteiger partial charge on any atom is -0.357 e. The number of nitrogens with one attached hydrogen (secondary N) is 2. The van der Waals surface area contributed by atoms with Gasteiger partial charge >= 0.3 is 0 Å². The van der Waals surface area contributed by atoms with E-state index in [1.54, 1.807) is 4.31 Å². The zero-order chi connectivity index (χ0) is 16.0. The molecule has 6 nitrogen and oxygen atoms in total. The lowest BCUT2D eigenvalue weighted by Gasteiger charge is -2.16. The van der Waals surface area contributed by atoms with Gasteiger partial charge in [0.25, 0.3) is 0 Å². The Hall–Kier alpha value is 0.260. The lowest BCUT2D eigenvalue weighted by atomic mass is 10.1. The van der Waals surface area contributed by atoms with E-state index < -0.39 is 10.0 Å². The Morgan fingerprint density at radius 3 is 2.70 bits per heavy atom. The molecule has 0 radical (unpaired) electrons. The monoisotopic (exact) mass is 476 g/mol. The molecule has 0 bridgehead atoms. The van der Waals surface area contributed by atoms with Gasteiger partial charge in [-0.05, 0) is 37.9 Å². The molecule has 0 aliphatic carbocycles. The van der Waals surface area contributed by atoms with Gasteiger partial charge in [0.1, 0.15) is 0 Å². The maximum Gasteiger partial charge on any atom is 0.211 e. The Morgan fingerprint density at radius 2 is 2.13 bits per heavy atom. The van der Waals surface area contributed by atoms with Crippen molar-refractivity contribution in [1.82, 2.24) is 14.9 Å². The minimum absolute atomic E-state index is 0. The number of rotatable bonds is 6. The number of sulfonamides is 1. The zero-order valence-electron chi connectivity index (χ0n) is 14.0. The topological polar surface area (TPSA) is 73.8 Å². The highest BCUT2D eigenvalue weighted by molar-refractivity contribution is 14.0. The van der Waals surface area contributed by atoms with E-state index in [9.17, 15) is 8.42 Å². The first-order valence-electron chi connectivity index (χ1n) is 8.08. The molecule has 2 N–H and O–H groups in total. The summed E-state index contributed by atoms with van der Waals surface area (Å²) >= 11 is 2.03. The van der Waals surface area contributed by atoms with E-state index >= 15 is 0 Å². The molecule has 0 saturated carbocycles. The van der Waals surface area contributed by atoms with Crippen molar-refractivity contribution in [2.75, 3.05) is 44.7 Å². The maximum atomic E-state index is 11.5. The summed E-state index contributed by atoms with van der Waals surface area (Å²) in [5, 5.41) is 7.37. The first kappa shape index (κ1) is 21.3. The molecule has 9 heteroatoms. The molecule has 2 unspecified atom stereocenters. The molecule has 0 amide bonds. The van der Waals surface area contributed by atoms with Gasteiger partial charge in [0.15, 0.2) is 5.96 Å². The van der Waals surface area contributed by atoms with Crippen molar-refractivity contribution >= 4 is 51.7 Å². The number of aliphatic imine (C=N–C) groups is 1. The predicted molar refractivity (Wildman–Crippen MR) is 109 cm³/mol.